The molecule has 6 heteroatoms. The summed E-state index contributed by atoms with van der Waals surface area (Å²) in [6.45, 7) is 7.81. The van der Waals surface area contributed by atoms with Crippen molar-refractivity contribution in [1.82, 2.24) is 9.36 Å². The number of carbonyl (C=O) groups is 1. The molecule has 0 saturated carbocycles. The van der Waals surface area contributed by atoms with Crippen LogP contribution in [0.4, 0.5) is 5.13 Å². The van der Waals surface area contributed by atoms with Crippen molar-refractivity contribution in [3.8, 4) is 0 Å². The molecule has 0 bridgehead atoms. The van der Waals surface area contributed by atoms with Crippen molar-refractivity contribution >= 4 is 22.6 Å². The van der Waals surface area contributed by atoms with Crippen LogP contribution in [0.1, 0.15) is 33.0 Å². The van der Waals surface area contributed by atoms with E-state index >= 15 is 0 Å². The maximum Gasteiger partial charge on any atom is 0.305 e. The van der Waals surface area contributed by atoms with Gasteiger partial charge in [-0.3, -0.25) is 4.79 Å². The highest BCUT2D eigenvalue weighted by molar-refractivity contribution is 7.09. The van der Waals surface area contributed by atoms with Crippen LogP contribution in [0.2, 0.25) is 0 Å². The lowest BCUT2D eigenvalue weighted by molar-refractivity contribution is -0.137. The highest BCUT2D eigenvalue weighted by atomic mass is 32.1. The molecule has 0 aromatic carbocycles. The van der Waals surface area contributed by atoms with Gasteiger partial charge in [-0.05, 0) is 12.3 Å². The van der Waals surface area contributed by atoms with Crippen LogP contribution < -0.4 is 5.32 Å². The molecule has 0 amide bonds. The van der Waals surface area contributed by atoms with Crippen LogP contribution in [0.3, 0.4) is 0 Å². The summed E-state index contributed by atoms with van der Waals surface area (Å²) in [6.07, 6.45) is 0.0716. The van der Waals surface area contributed by atoms with Crippen molar-refractivity contribution < 1.29 is 9.90 Å². The first-order valence-corrected chi connectivity index (χ1v) is 5.85. The Labute approximate surface area is 99.1 Å². The summed E-state index contributed by atoms with van der Waals surface area (Å²) in [5, 5.41) is 12.7. The number of carboxylic acids is 1. The second-order valence-electron chi connectivity index (χ2n) is 4.81. The zero-order valence-corrected chi connectivity index (χ0v) is 10.8. The summed E-state index contributed by atoms with van der Waals surface area (Å²) in [7, 11) is 0. The molecule has 1 aromatic rings. The minimum atomic E-state index is -0.811. The van der Waals surface area contributed by atoms with Gasteiger partial charge in [0.25, 0.3) is 0 Å². The Morgan fingerprint density at radius 2 is 2.19 bits per heavy atom. The van der Waals surface area contributed by atoms with E-state index < -0.39 is 5.97 Å². The molecule has 1 atom stereocenters. The predicted molar refractivity (Wildman–Crippen MR) is 63.8 cm³/mol. The number of carboxylic acid groups (broad SMARTS) is 1. The van der Waals surface area contributed by atoms with Gasteiger partial charge in [0.05, 0.1) is 6.42 Å². The van der Waals surface area contributed by atoms with E-state index in [1.54, 1.807) is 0 Å². The Morgan fingerprint density at radius 3 is 2.56 bits per heavy atom. The highest BCUT2D eigenvalue weighted by Crippen LogP contribution is 2.26. The molecule has 0 aliphatic rings. The van der Waals surface area contributed by atoms with Gasteiger partial charge in [0, 0.05) is 17.6 Å². The first-order chi connectivity index (χ1) is 7.29. The molecule has 2 N–H and O–H groups in total. The first kappa shape index (κ1) is 12.9. The topological polar surface area (TPSA) is 75.1 Å². The van der Waals surface area contributed by atoms with Crippen molar-refractivity contribution in [2.24, 2.45) is 5.41 Å². The minimum absolute atomic E-state index is 0.0716. The summed E-state index contributed by atoms with van der Waals surface area (Å²) < 4.78 is 4.05. The molecule has 0 aliphatic carbocycles. The minimum Gasteiger partial charge on any atom is -0.481 e. The summed E-state index contributed by atoms with van der Waals surface area (Å²) in [5.74, 6) is -0.107. The van der Waals surface area contributed by atoms with E-state index in [-0.39, 0.29) is 17.9 Å². The number of aryl methyl sites for hydroxylation is 1. The van der Waals surface area contributed by atoms with Crippen LogP contribution >= 0.6 is 11.5 Å². The fourth-order valence-electron chi connectivity index (χ4n) is 1.25. The van der Waals surface area contributed by atoms with E-state index in [9.17, 15) is 4.79 Å². The number of nitrogens with zero attached hydrogens (tertiary/aromatic N) is 2. The van der Waals surface area contributed by atoms with E-state index in [2.05, 4.69) is 14.7 Å². The number of anilines is 1. The quantitative estimate of drug-likeness (QED) is 0.847. The lowest BCUT2D eigenvalue weighted by atomic mass is 9.85. The first-order valence-electron chi connectivity index (χ1n) is 5.07. The molecule has 0 spiro atoms. The zero-order chi connectivity index (χ0) is 12.3. The van der Waals surface area contributed by atoms with Crippen molar-refractivity contribution in [2.75, 3.05) is 5.32 Å². The van der Waals surface area contributed by atoms with Crippen LogP contribution in [-0.4, -0.2) is 26.5 Å². The molecule has 5 nitrogen and oxygen atoms in total. The number of aromatic nitrogens is 2. The number of hydrogen-bond acceptors (Lipinski definition) is 5. The molecule has 0 aliphatic heterocycles. The molecule has 0 saturated heterocycles. The van der Waals surface area contributed by atoms with Gasteiger partial charge in [0.1, 0.15) is 5.82 Å². The zero-order valence-electron chi connectivity index (χ0n) is 9.94. The van der Waals surface area contributed by atoms with Gasteiger partial charge >= 0.3 is 5.97 Å². The standard InChI is InChI=1S/C10H17N3O2S/c1-6-11-9(16-13-6)12-7(5-8(14)15)10(2,3)4/h7H,5H2,1-4H3,(H,14,15)(H,11,12,13). The number of nitrogens with one attached hydrogen (secondary N) is 1. The molecule has 1 aromatic heterocycles. The van der Waals surface area contributed by atoms with E-state index in [1.165, 1.54) is 11.5 Å². The molecule has 16 heavy (non-hydrogen) atoms. The van der Waals surface area contributed by atoms with Crippen molar-refractivity contribution in [3.63, 3.8) is 0 Å². The van der Waals surface area contributed by atoms with Crippen LogP contribution in [0, 0.1) is 12.3 Å². The summed E-state index contributed by atoms with van der Waals surface area (Å²) in [5.41, 5.74) is -0.141. The summed E-state index contributed by atoms with van der Waals surface area (Å²) in [6, 6.07) is -0.155. The summed E-state index contributed by atoms with van der Waals surface area (Å²) >= 11 is 1.26. The van der Waals surface area contributed by atoms with E-state index in [1.807, 2.05) is 27.7 Å². The highest BCUT2D eigenvalue weighted by Gasteiger charge is 2.27. The lowest BCUT2D eigenvalue weighted by Gasteiger charge is -2.29. The summed E-state index contributed by atoms with van der Waals surface area (Å²) in [4.78, 5) is 15.0. The van der Waals surface area contributed by atoms with Gasteiger partial charge in [-0.15, -0.1) is 0 Å². The fourth-order valence-corrected chi connectivity index (χ4v) is 1.88. The van der Waals surface area contributed by atoms with E-state index in [4.69, 9.17) is 5.11 Å². The monoisotopic (exact) mass is 243 g/mol. The average molecular weight is 243 g/mol. The average Bonchev–Trinajstić information content (AvgIpc) is 2.47. The normalized spacial score (nSPS) is 13.5. The van der Waals surface area contributed by atoms with Crippen molar-refractivity contribution in [1.29, 1.82) is 0 Å². The van der Waals surface area contributed by atoms with E-state index in [0.29, 0.717) is 11.0 Å². The van der Waals surface area contributed by atoms with Crippen LogP contribution in [-0.2, 0) is 4.79 Å². The van der Waals surface area contributed by atoms with E-state index in [0.717, 1.165) is 0 Å². The van der Waals surface area contributed by atoms with Gasteiger partial charge in [-0.25, -0.2) is 4.98 Å². The molecule has 1 heterocycles. The third kappa shape index (κ3) is 3.77. The van der Waals surface area contributed by atoms with Crippen LogP contribution in [0.5, 0.6) is 0 Å². The second-order valence-corrected chi connectivity index (χ2v) is 5.56. The van der Waals surface area contributed by atoms with Gasteiger partial charge in [0.2, 0.25) is 5.13 Å². The van der Waals surface area contributed by atoms with Crippen LogP contribution in [0.15, 0.2) is 0 Å². The molecule has 1 rings (SSSR count). The molecular formula is C10H17N3O2S. The second kappa shape index (κ2) is 4.78. The number of aliphatic carboxylic acids is 1. The van der Waals surface area contributed by atoms with Crippen molar-refractivity contribution in [2.45, 2.75) is 40.2 Å². The third-order valence-corrected chi connectivity index (χ3v) is 2.99. The fraction of sp³-hybridized carbons (Fsp3) is 0.700. The largest absolute Gasteiger partial charge is 0.481 e. The molecule has 0 radical (unpaired) electrons. The van der Waals surface area contributed by atoms with Gasteiger partial charge in [0.15, 0.2) is 0 Å². The predicted octanol–water partition coefficient (Wildman–Crippen LogP) is 2.15. The smallest absolute Gasteiger partial charge is 0.305 e. The SMILES string of the molecule is Cc1nsc(NC(CC(=O)O)C(C)(C)C)n1. The van der Waals surface area contributed by atoms with Gasteiger partial charge < -0.3 is 10.4 Å². The Bertz CT molecular complexity index is 370. The maximum absolute atomic E-state index is 10.8. The molecular weight excluding hydrogens is 226 g/mol. The molecule has 90 valence electrons. The number of rotatable bonds is 4. The Kier molecular flexibility index (Phi) is 3.85. The third-order valence-electron chi connectivity index (χ3n) is 2.25. The Hall–Kier alpha value is -1.17. The van der Waals surface area contributed by atoms with Crippen LogP contribution in [0.25, 0.3) is 0 Å². The Morgan fingerprint density at radius 1 is 1.56 bits per heavy atom. The number of hydrogen-bond donors (Lipinski definition) is 2. The Balaban J connectivity index is 2.74. The van der Waals surface area contributed by atoms with Gasteiger partial charge in [-0.2, -0.15) is 4.37 Å². The maximum atomic E-state index is 10.8. The molecule has 0 fully saturated rings. The van der Waals surface area contributed by atoms with Gasteiger partial charge in [-0.1, -0.05) is 20.8 Å². The lowest BCUT2D eigenvalue weighted by Crippen LogP contribution is -2.36. The molecule has 1 unspecified atom stereocenters. The van der Waals surface area contributed by atoms with Crippen molar-refractivity contribution in [3.05, 3.63) is 5.82 Å².